The second-order valence-corrected chi connectivity index (χ2v) is 10.9. The quantitative estimate of drug-likeness (QED) is 0.465. The lowest BCUT2D eigenvalue weighted by atomic mass is 10.00. The summed E-state index contributed by atoms with van der Waals surface area (Å²) < 4.78 is 35.9. The normalized spacial score (nSPS) is 21.5. The minimum atomic E-state index is -0.773. The highest BCUT2D eigenvalue weighted by molar-refractivity contribution is 7.99. The molecule has 0 radical (unpaired) electrons. The van der Waals surface area contributed by atoms with E-state index in [4.69, 9.17) is 4.74 Å². The second-order valence-electron chi connectivity index (χ2n) is 9.83. The molecule has 200 valence electrons. The van der Waals surface area contributed by atoms with Crippen LogP contribution in [-0.4, -0.2) is 69.5 Å². The number of ether oxygens (including phenoxy) is 1. The standard InChI is InChI=1S/C27H29F2N5O3S/c1-6-21(35)34-15(3)10-32(11-16(34)4)26-19-7-14(2)22(23-20(29)8-17(28)9-30-23)25-24(19)33(27(36)31-26)12-18(37-5)13-38-25/h6-9,15-16,18H,1,10-13H2,2-5H3/t15-,16+,18-/m0/s1. The van der Waals surface area contributed by atoms with Crippen LogP contribution in [-0.2, 0) is 16.1 Å². The molecule has 11 heteroatoms. The zero-order valence-electron chi connectivity index (χ0n) is 21.7. The maximum atomic E-state index is 15.0. The molecule has 1 saturated heterocycles. The van der Waals surface area contributed by atoms with Gasteiger partial charge >= 0.3 is 5.69 Å². The number of thioether (sulfide) groups is 1. The Morgan fingerprint density at radius 2 is 1.92 bits per heavy atom. The van der Waals surface area contributed by atoms with Crippen LogP contribution in [0.4, 0.5) is 14.6 Å². The van der Waals surface area contributed by atoms with Gasteiger partial charge < -0.3 is 14.5 Å². The number of aryl methyl sites for hydroxylation is 1. The van der Waals surface area contributed by atoms with Crippen LogP contribution in [0.2, 0.25) is 0 Å². The van der Waals surface area contributed by atoms with E-state index in [9.17, 15) is 18.4 Å². The summed E-state index contributed by atoms with van der Waals surface area (Å²) in [6.45, 7) is 10.6. The first-order chi connectivity index (χ1) is 18.1. The lowest BCUT2D eigenvalue weighted by molar-refractivity contribution is -0.130. The third-order valence-electron chi connectivity index (χ3n) is 7.22. The van der Waals surface area contributed by atoms with E-state index in [0.717, 1.165) is 23.2 Å². The molecule has 0 bridgehead atoms. The first-order valence-corrected chi connectivity index (χ1v) is 13.4. The molecule has 2 aliphatic heterocycles. The van der Waals surface area contributed by atoms with Gasteiger partial charge in [-0.1, -0.05) is 6.58 Å². The number of hydrogen-bond donors (Lipinski definition) is 0. The van der Waals surface area contributed by atoms with E-state index < -0.39 is 17.3 Å². The maximum absolute atomic E-state index is 15.0. The minimum absolute atomic E-state index is 0.0281. The van der Waals surface area contributed by atoms with Crippen molar-refractivity contribution in [2.45, 2.75) is 50.4 Å². The van der Waals surface area contributed by atoms with Crippen LogP contribution in [0.1, 0.15) is 19.4 Å². The predicted octanol–water partition coefficient (Wildman–Crippen LogP) is 3.78. The molecule has 3 aromatic rings. The van der Waals surface area contributed by atoms with Gasteiger partial charge in [0.15, 0.2) is 5.82 Å². The molecule has 0 spiro atoms. The zero-order chi connectivity index (χ0) is 27.3. The van der Waals surface area contributed by atoms with Crippen molar-refractivity contribution in [3.63, 3.8) is 0 Å². The van der Waals surface area contributed by atoms with Crippen molar-refractivity contribution in [2.24, 2.45) is 0 Å². The van der Waals surface area contributed by atoms with Crippen molar-refractivity contribution in [2.75, 3.05) is 30.9 Å². The number of pyridine rings is 1. The number of hydrogen-bond acceptors (Lipinski definition) is 7. The summed E-state index contributed by atoms with van der Waals surface area (Å²) in [5.74, 6) is -0.625. The molecule has 5 rings (SSSR count). The van der Waals surface area contributed by atoms with Gasteiger partial charge in [-0.05, 0) is 38.5 Å². The van der Waals surface area contributed by atoms with E-state index in [-0.39, 0.29) is 36.3 Å². The number of anilines is 1. The van der Waals surface area contributed by atoms with Crippen LogP contribution in [0, 0.1) is 18.6 Å². The monoisotopic (exact) mass is 541 g/mol. The summed E-state index contributed by atoms with van der Waals surface area (Å²) in [6, 6.07) is 2.43. The van der Waals surface area contributed by atoms with Gasteiger partial charge in [0, 0.05) is 59.9 Å². The summed E-state index contributed by atoms with van der Waals surface area (Å²) in [6.07, 6.45) is 2.04. The van der Waals surface area contributed by atoms with Gasteiger partial charge in [0.05, 0.1) is 24.4 Å². The Morgan fingerprint density at radius 3 is 2.55 bits per heavy atom. The fourth-order valence-corrected chi connectivity index (χ4v) is 6.93. The number of nitrogens with zero attached hydrogens (tertiary/aromatic N) is 5. The fourth-order valence-electron chi connectivity index (χ4n) is 5.58. The Labute approximate surface area is 223 Å². The third kappa shape index (κ3) is 4.37. The Kier molecular flexibility index (Phi) is 6.99. The predicted molar refractivity (Wildman–Crippen MR) is 144 cm³/mol. The lowest BCUT2D eigenvalue weighted by Crippen LogP contribution is -2.58. The lowest BCUT2D eigenvalue weighted by Gasteiger charge is -2.44. The molecular weight excluding hydrogens is 512 g/mol. The highest BCUT2D eigenvalue weighted by Gasteiger charge is 2.35. The molecule has 1 fully saturated rings. The third-order valence-corrected chi connectivity index (χ3v) is 8.45. The molecular formula is C27H29F2N5O3S. The van der Waals surface area contributed by atoms with Crippen molar-refractivity contribution < 1.29 is 18.3 Å². The van der Waals surface area contributed by atoms with Gasteiger partial charge in [-0.25, -0.2) is 13.6 Å². The van der Waals surface area contributed by atoms with Gasteiger partial charge in [0.2, 0.25) is 5.91 Å². The molecule has 1 amide bonds. The largest absolute Gasteiger partial charge is 0.379 e. The van der Waals surface area contributed by atoms with Crippen LogP contribution in [0.25, 0.3) is 22.2 Å². The van der Waals surface area contributed by atoms with Crippen LogP contribution >= 0.6 is 11.8 Å². The number of aromatic nitrogens is 3. The minimum Gasteiger partial charge on any atom is -0.379 e. The molecule has 3 atom stereocenters. The highest BCUT2D eigenvalue weighted by Crippen LogP contribution is 2.43. The summed E-state index contributed by atoms with van der Waals surface area (Å²) in [7, 11) is 1.59. The van der Waals surface area contributed by atoms with E-state index in [1.165, 1.54) is 17.8 Å². The number of benzene rings is 1. The Hall–Kier alpha value is -3.31. The average molecular weight is 542 g/mol. The van der Waals surface area contributed by atoms with Crippen molar-refractivity contribution in [1.29, 1.82) is 0 Å². The van der Waals surface area contributed by atoms with Crippen LogP contribution in [0.5, 0.6) is 0 Å². The first kappa shape index (κ1) is 26.3. The molecule has 38 heavy (non-hydrogen) atoms. The number of rotatable bonds is 4. The van der Waals surface area contributed by atoms with E-state index in [1.54, 1.807) is 16.6 Å². The number of carbonyl (C=O) groups is 1. The van der Waals surface area contributed by atoms with Crippen molar-refractivity contribution in [1.82, 2.24) is 19.4 Å². The van der Waals surface area contributed by atoms with Gasteiger partial charge in [-0.15, -0.1) is 11.8 Å². The first-order valence-electron chi connectivity index (χ1n) is 12.4. The molecule has 4 heterocycles. The van der Waals surface area contributed by atoms with E-state index in [2.05, 4.69) is 16.5 Å². The van der Waals surface area contributed by atoms with Crippen molar-refractivity contribution >= 4 is 34.4 Å². The average Bonchev–Trinajstić information content (AvgIpc) is 3.07. The molecule has 2 aliphatic rings. The topological polar surface area (TPSA) is 80.6 Å². The van der Waals surface area contributed by atoms with Crippen LogP contribution in [0.3, 0.4) is 0 Å². The maximum Gasteiger partial charge on any atom is 0.350 e. The molecule has 2 aromatic heterocycles. The van der Waals surface area contributed by atoms with Crippen molar-refractivity contribution in [3.05, 3.63) is 58.7 Å². The molecule has 8 nitrogen and oxygen atoms in total. The zero-order valence-corrected chi connectivity index (χ0v) is 22.5. The highest BCUT2D eigenvalue weighted by atomic mass is 32.2. The number of carbonyl (C=O) groups excluding carboxylic acids is 1. The summed E-state index contributed by atoms with van der Waals surface area (Å²) in [5, 5.41) is 0.746. The Bertz CT molecular complexity index is 1500. The molecule has 0 saturated carbocycles. The van der Waals surface area contributed by atoms with Gasteiger partial charge in [-0.3, -0.25) is 14.3 Å². The number of methoxy groups -OCH3 is 1. The van der Waals surface area contributed by atoms with E-state index in [1.807, 2.05) is 31.7 Å². The number of halogens is 2. The molecule has 1 aromatic carbocycles. The summed E-state index contributed by atoms with van der Waals surface area (Å²) in [5.41, 5.74) is 1.46. The van der Waals surface area contributed by atoms with E-state index >= 15 is 0 Å². The number of piperazine rings is 1. The molecule has 0 N–H and O–H groups in total. The second kappa shape index (κ2) is 10.1. The molecule has 0 unspecified atom stereocenters. The van der Waals surface area contributed by atoms with Crippen LogP contribution in [0.15, 0.2) is 40.7 Å². The summed E-state index contributed by atoms with van der Waals surface area (Å²) in [4.78, 5) is 39.0. The van der Waals surface area contributed by atoms with Gasteiger partial charge in [0.25, 0.3) is 0 Å². The summed E-state index contributed by atoms with van der Waals surface area (Å²) >= 11 is 1.46. The smallest absolute Gasteiger partial charge is 0.350 e. The number of amides is 1. The molecule has 0 aliphatic carbocycles. The van der Waals surface area contributed by atoms with Gasteiger partial charge in [-0.2, -0.15) is 4.98 Å². The van der Waals surface area contributed by atoms with Crippen LogP contribution < -0.4 is 10.6 Å². The Balaban J connectivity index is 1.75. The SMILES string of the molecule is C=CC(=O)N1[C@H](C)CN(c2nc(=O)n3c4c(c(-c5ncc(F)cc5F)c(C)cc24)SC[C@@H](OC)C3)C[C@@H]1C. The fraction of sp³-hybridized carbons (Fsp3) is 0.407. The Morgan fingerprint density at radius 1 is 1.21 bits per heavy atom. The van der Waals surface area contributed by atoms with E-state index in [0.29, 0.717) is 40.6 Å². The van der Waals surface area contributed by atoms with Crippen molar-refractivity contribution in [3.8, 4) is 11.3 Å². The van der Waals surface area contributed by atoms with Gasteiger partial charge in [0.1, 0.15) is 17.3 Å².